The van der Waals surface area contributed by atoms with E-state index in [4.69, 9.17) is 0 Å². The Bertz CT molecular complexity index is 479. The van der Waals surface area contributed by atoms with Crippen LogP contribution < -0.4 is 5.32 Å². The number of hydrogen-bond acceptors (Lipinski definition) is 2. The molecule has 3 atom stereocenters. The fourth-order valence-corrected chi connectivity index (χ4v) is 4.65. The Labute approximate surface area is 188 Å². The zero-order valence-electron chi connectivity index (χ0n) is 21.1. The van der Waals surface area contributed by atoms with E-state index >= 15 is 0 Å². The minimum absolute atomic E-state index is 0.0741. The Balaban J connectivity index is 2.12. The van der Waals surface area contributed by atoms with Gasteiger partial charge in [-0.25, -0.2) is 0 Å². The van der Waals surface area contributed by atoms with Gasteiger partial charge >= 0.3 is 0 Å². The van der Waals surface area contributed by atoms with Gasteiger partial charge in [-0.2, -0.15) is 0 Å². The van der Waals surface area contributed by atoms with Crippen LogP contribution in [0.5, 0.6) is 0 Å². The lowest BCUT2D eigenvalue weighted by Crippen LogP contribution is -2.47. The summed E-state index contributed by atoms with van der Waals surface area (Å²) in [5.41, 5.74) is 1.21. The van der Waals surface area contributed by atoms with Crippen molar-refractivity contribution in [2.24, 2.45) is 17.8 Å². The molecule has 0 aliphatic carbocycles. The first-order valence-corrected chi connectivity index (χ1v) is 13.0. The van der Waals surface area contributed by atoms with Crippen LogP contribution >= 0.6 is 0 Å². The van der Waals surface area contributed by atoms with Crippen LogP contribution in [-0.2, 0) is 4.79 Å². The number of nitrogens with zero attached hydrogens (tertiary/aromatic N) is 1. The summed E-state index contributed by atoms with van der Waals surface area (Å²) in [6, 6.07) is 0. The molecule has 0 radical (unpaired) electrons. The molecule has 1 aliphatic rings. The standard InChI is InChI=1S/C27H52N2O/c1-22(2)13-10-14-23(3)15-11-16-24(4)17-12-18-25(5)21-27(30)28-26(6)29-19-8-7-9-20-29/h21-24,26H,7-20H2,1-6H3,(H,28,30)/b25-21+. The smallest absolute Gasteiger partial charge is 0.245 e. The van der Waals surface area contributed by atoms with Crippen molar-refractivity contribution >= 4 is 5.91 Å². The lowest BCUT2D eigenvalue weighted by atomic mass is 9.91. The fourth-order valence-electron chi connectivity index (χ4n) is 4.65. The van der Waals surface area contributed by atoms with E-state index in [1.807, 2.05) is 6.08 Å². The van der Waals surface area contributed by atoms with E-state index in [2.05, 4.69) is 51.8 Å². The summed E-state index contributed by atoms with van der Waals surface area (Å²) in [5.74, 6) is 2.60. The quantitative estimate of drug-likeness (QED) is 0.281. The van der Waals surface area contributed by atoms with Crippen LogP contribution in [-0.4, -0.2) is 30.1 Å². The van der Waals surface area contributed by atoms with Crippen LogP contribution in [0.15, 0.2) is 11.6 Å². The fraction of sp³-hybridized carbons (Fsp3) is 0.889. The second-order valence-corrected chi connectivity index (χ2v) is 10.6. The van der Waals surface area contributed by atoms with Gasteiger partial charge in [0.1, 0.15) is 0 Å². The molecule has 1 amide bonds. The van der Waals surface area contributed by atoms with Crippen LogP contribution in [0, 0.1) is 17.8 Å². The summed E-state index contributed by atoms with van der Waals surface area (Å²) >= 11 is 0. The van der Waals surface area contributed by atoms with E-state index in [0.29, 0.717) is 0 Å². The number of likely N-dealkylation sites (tertiary alicyclic amines) is 1. The molecule has 1 N–H and O–H groups in total. The van der Waals surface area contributed by atoms with E-state index in [1.165, 1.54) is 76.2 Å². The lowest BCUT2D eigenvalue weighted by Gasteiger charge is -2.32. The summed E-state index contributed by atoms with van der Waals surface area (Å²) in [6.07, 6.45) is 17.6. The number of hydrogen-bond donors (Lipinski definition) is 1. The highest BCUT2D eigenvalue weighted by Crippen LogP contribution is 2.22. The van der Waals surface area contributed by atoms with Crippen molar-refractivity contribution < 1.29 is 4.79 Å². The molecule has 3 heteroatoms. The van der Waals surface area contributed by atoms with Crippen LogP contribution in [0.4, 0.5) is 0 Å². The second kappa shape index (κ2) is 15.9. The van der Waals surface area contributed by atoms with Crippen LogP contribution in [0.1, 0.15) is 119 Å². The van der Waals surface area contributed by atoms with Gasteiger partial charge in [0, 0.05) is 19.2 Å². The summed E-state index contributed by atoms with van der Waals surface area (Å²) in [5, 5.41) is 3.15. The van der Waals surface area contributed by atoms with Gasteiger partial charge in [-0.15, -0.1) is 0 Å². The molecule has 0 bridgehead atoms. The van der Waals surface area contributed by atoms with Gasteiger partial charge in [0.25, 0.3) is 0 Å². The molecule has 3 nitrogen and oxygen atoms in total. The third kappa shape index (κ3) is 13.5. The Hall–Kier alpha value is -0.830. The summed E-state index contributed by atoms with van der Waals surface area (Å²) < 4.78 is 0. The topological polar surface area (TPSA) is 32.3 Å². The predicted molar refractivity (Wildman–Crippen MR) is 132 cm³/mol. The van der Waals surface area contributed by atoms with Gasteiger partial charge in [-0.05, 0) is 57.3 Å². The van der Waals surface area contributed by atoms with Crippen LogP contribution in [0.2, 0.25) is 0 Å². The van der Waals surface area contributed by atoms with Crippen molar-refractivity contribution in [3.63, 3.8) is 0 Å². The molecule has 1 saturated heterocycles. The maximum absolute atomic E-state index is 12.3. The van der Waals surface area contributed by atoms with Gasteiger partial charge in [-0.3, -0.25) is 9.69 Å². The summed E-state index contributed by atoms with van der Waals surface area (Å²) in [7, 11) is 0. The number of carbonyl (C=O) groups is 1. The summed E-state index contributed by atoms with van der Waals surface area (Å²) in [4.78, 5) is 14.7. The zero-order valence-corrected chi connectivity index (χ0v) is 21.1. The highest BCUT2D eigenvalue weighted by molar-refractivity contribution is 5.88. The predicted octanol–water partition coefficient (Wildman–Crippen LogP) is 7.32. The molecule has 0 aromatic carbocycles. The van der Waals surface area contributed by atoms with Gasteiger partial charge in [0.15, 0.2) is 0 Å². The van der Waals surface area contributed by atoms with E-state index < -0.39 is 0 Å². The van der Waals surface area contributed by atoms with Crippen molar-refractivity contribution in [1.82, 2.24) is 10.2 Å². The van der Waals surface area contributed by atoms with E-state index in [9.17, 15) is 4.79 Å². The highest BCUT2D eigenvalue weighted by Gasteiger charge is 2.17. The number of rotatable bonds is 15. The lowest BCUT2D eigenvalue weighted by molar-refractivity contribution is -0.118. The van der Waals surface area contributed by atoms with E-state index in [-0.39, 0.29) is 12.1 Å². The van der Waals surface area contributed by atoms with Crippen molar-refractivity contribution in [3.8, 4) is 0 Å². The van der Waals surface area contributed by atoms with Crippen LogP contribution in [0.3, 0.4) is 0 Å². The van der Waals surface area contributed by atoms with Crippen LogP contribution in [0.25, 0.3) is 0 Å². The molecule has 0 saturated carbocycles. The number of piperidine rings is 1. The van der Waals surface area contributed by atoms with Crippen molar-refractivity contribution in [1.29, 1.82) is 0 Å². The minimum atomic E-state index is 0.0741. The molecule has 30 heavy (non-hydrogen) atoms. The number of nitrogens with one attached hydrogen (secondary N) is 1. The number of carbonyl (C=O) groups excluding carboxylic acids is 1. The van der Waals surface area contributed by atoms with E-state index in [0.717, 1.165) is 37.3 Å². The zero-order chi connectivity index (χ0) is 22.4. The maximum atomic E-state index is 12.3. The Morgan fingerprint density at radius 3 is 1.93 bits per heavy atom. The molecule has 1 heterocycles. The molecule has 3 unspecified atom stereocenters. The first-order valence-electron chi connectivity index (χ1n) is 13.0. The first-order chi connectivity index (χ1) is 14.3. The van der Waals surface area contributed by atoms with Gasteiger partial charge in [0.05, 0.1) is 6.17 Å². The third-order valence-corrected chi connectivity index (χ3v) is 6.81. The Morgan fingerprint density at radius 1 is 0.833 bits per heavy atom. The largest absolute Gasteiger partial charge is 0.337 e. The number of amides is 1. The maximum Gasteiger partial charge on any atom is 0.245 e. The molecule has 0 aromatic heterocycles. The van der Waals surface area contributed by atoms with E-state index in [1.54, 1.807) is 0 Å². The van der Waals surface area contributed by atoms with Crippen molar-refractivity contribution in [2.75, 3.05) is 13.1 Å². The molecule has 1 rings (SSSR count). The number of allylic oxidation sites excluding steroid dienone is 1. The van der Waals surface area contributed by atoms with Crippen molar-refractivity contribution in [3.05, 3.63) is 11.6 Å². The van der Waals surface area contributed by atoms with Gasteiger partial charge in [0.2, 0.25) is 5.91 Å². The highest BCUT2D eigenvalue weighted by atomic mass is 16.1. The van der Waals surface area contributed by atoms with Gasteiger partial charge < -0.3 is 5.32 Å². The molecule has 0 aromatic rings. The average Bonchev–Trinajstić information content (AvgIpc) is 2.68. The van der Waals surface area contributed by atoms with Gasteiger partial charge in [-0.1, -0.05) is 84.6 Å². The molecule has 0 spiro atoms. The first kappa shape index (κ1) is 27.2. The Morgan fingerprint density at radius 2 is 1.37 bits per heavy atom. The molecule has 176 valence electrons. The normalized spacial score (nSPS) is 19.0. The van der Waals surface area contributed by atoms with Crippen molar-refractivity contribution in [2.45, 2.75) is 125 Å². The third-order valence-electron chi connectivity index (χ3n) is 6.81. The second-order valence-electron chi connectivity index (χ2n) is 10.6. The monoisotopic (exact) mass is 420 g/mol. The summed E-state index contributed by atoms with van der Waals surface area (Å²) in [6.45, 7) is 15.9. The SMILES string of the molecule is C/C(=C\C(=O)NC(C)N1CCCCC1)CCCC(C)CCCC(C)CCCC(C)C. The average molecular weight is 421 g/mol. The molecule has 1 fully saturated rings. The molecular formula is C27H52N2O. The molecule has 1 aliphatic heterocycles. The Kier molecular flexibility index (Phi) is 14.4. The molecular weight excluding hydrogens is 368 g/mol. The minimum Gasteiger partial charge on any atom is -0.337 e.